The summed E-state index contributed by atoms with van der Waals surface area (Å²) in [6.07, 6.45) is 1.05. The van der Waals surface area contributed by atoms with Crippen molar-refractivity contribution < 1.29 is 29.1 Å². The first-order valence-corrected chi connectivity index (χ1v) is 11.2. The average Bonchev–Trinajstić information content (AvgIpc) is 2.72. The lowest BCUT2D eigenvalue weighted by Gasteiger charge is -2.26. The summed E-state index contributed by atoms with van der Waals surface area (Å²) >= 11 is 0. The Balaban J connectivity index is 5.57. The fraction of sp³-hybridized carbons (Fsp3) is 0.762. The maximum absolute atomic E-state index is 12.9. The highest BCUT2D eigenvalue weighted by atomic mass is 16.4. The van der Waals surface area contributed by atoms with E-state index in [9.17, 15) is 29.1 Å². The second-order valence-corrected chi connectivity index (χ2v) is 8.75. The average molecular weight is 473 g/mol. The Labute approximate surface area is 194 Å². The van der Waals surface area contributed by atoms with Gasteiger partial charge in [-0.25, -0.2) is 4.79 Å². The van der Waals surface area contributed by atoms with Crippen molar-refractivity contribution in [3.63, 3.8) is 0 Å². The smallest absolute Gasteiger partial charge is 0.326 e. The molecule has 0 aliphatic carbocycles. The van der Waals surface area contributed by atoms with Gasteiger partial charge in [0.05, 0.1) is 6.04 Å². The number of aliphatic carboxylic acids is 1. The first kappa shape index (κ1) is 30.3. The second kappa shape index (κ2) is 15.2. The third-order valence-corrected chi connectivity index (χ3v) is 5.14. The van der Waals surface area contributed by atoms with Crippen molar-refractivity contribution in [2.75, 3.05) is 6.54 Å². The first-order chi connectivity index (χ1) is 15.3. The molecule has 0 radical (unpaired) electrons. The molecule has 0 aliphatic heterocycles. The Morgan fingerprint density at radius 2 is 1.30 bits per heavy atom. The fourth-order valence-corrected chi connectivity index (χ4v) is 2.93. The Morgan fingerprint density at radius 3 is 1.76 bits per heavy atom. The predicted molar refractivity (Wildman–Crippen MR) is 122 cm³/mol. The number of carbonyl (C=O) groups is 5. The summed E-state index contributed by atoms with van der Waals surface area (Å²) < 4.78 is 0. The normalized spacial score (nSPS) is 14.8. The van der Waals surface area contributed by atoms with Crippen LogP contribution in [0, 0.1) is 11.8 Å². The summed E-state index contributed by atoms with van der Waals surface area (Å²) in [5, 5.41) is 16.9. The van der Waals surface area contributed by atoms with Crippen molar-refractivity contribution >= 4 is 29.6 Å². The van der Waals surface area contributed by atoms with Gasteiger partial charge in [0.2, 0.25) is 23.6 Å². The summed E-state index contributed by atoms with van der Waals surface area (Å²) in [5.41, 5.74) is 16.5. The molecule has 0 aromatic rings. The molecule has 4 amide bonds. The van der Waals surface area contributed by atoms with E-state index in [1.54, 1.807) is 27.7 Å². The molecular formula is C21H40N6O6. The van der Waals surface area contributed by atoms with E-state index in [2.05, 4.69) is 16.0 Å². The van der Waals surface area contributed by atoms with Crippen molar-refractivity contribution in [1.29, 1.82) is 0 Å². The van der Waals surface area contributed by atoms with E-state index >= 15 is 0 Å². The molecule has 10 N–H and O–H groups in total. The summed E-state index contributed by atoms with van der Waals surface area (Å²) in [5.74, 6) is -4.38. The molecule has 12 nitrogen and oxygen atoms in total. The van der Waals surface area contributed by atoms with Gasteiger partial charge in [-0.3, -0.25) is 19.2 Å². The van der Waals surface area contributed by atoms with Crippen LogP contribution in [0.3, 0.4) is 0 Å². The number of unbranched alkanes of at least 4 members (excludes halogenated alkanes) is 1. The van der Waals surface area contributed by atoms with Crippen molar-refractivity contribution in [1.82, 2.24) is 16.0 Å². The molecule has 0 aromatic heterocycles. The van der Waals surface area contributed by atoms with Crippen LogP contribution in [0.4, 0.5) is 0 Å². The van der Waals surface area contributed by atoms with Crippen LogP contribution < -0.4 is 33.2 Å². The van der Waals surface area contributed by atoms with Crippen LogP contribution in [-0.2, 0) is 24.0 Å². The lowest BCUT2D eigenvalue weighted by molar-refractivity contribution is -0.143. The zero-order valence-corrected chi connectivity index (χ0v) is 19.9. The first-order valence-electron chi connectivity index (χ1n) is 11.2. The number of nitrogens with two attached hydrogens (primary N) is 3. The van der Waals surface area contributed by atoms with E-state index in [4.69, 9.17) is 17.2 Å². The van der Waals surface area contributed by atoms with Crippen LogP contribution >= 0.6 is 0 Å². The quantitative estimate of drug-likeness (QED) is 0.131. The summed E-state index contributed by atoms with van der Waals surface area (Å²) in [6, 6.07) is -4.22. The number of hydrogen-bond acceptors (Lipinski definition) is 7. The number of amides is 4. The van der Waals surface area contributed by atoms with Crippen LogP contribution in [0.2, 0.25) is 0 Å². The van der Waals surface area contributed by atoms with Gasteiger partial charge in [0.25, 0.3) is 0 Å². The Kier molecular flexibility index (Phi) is 13.9. The highest BCUT2D eigenvalue weighted by Gasteiger charge is 2.31. The van der Waals surface area contributed by atoms with Gasteiger partial charge in [-0.15, -0.1) is 0 Å². The standard InChI is InChI=1S/C21H40N6O6/c1-11(2)16(24)20(31)26-14(8-9-15(23)28)18(29)25-13(7-5-6-10-22)19(30)27-17(12(3)4)21(32)33/h11-14,16-17H,5-10,22,24H2,1-4H3,(H2,23,28)(H,25,29)(H,26,31)(H,27,30)(H,32,33). The van der Waals surface area contributed by atoms with Crippen LogP contribution in [0.15, 0.2) is 0 Å². The van der Waals surface area contributed by atoms with E-state index in [1.807, 2.05) is 0 Å². The largest absolute Gasteiger partial charge is 0.480 e. The van der Waals surface area contributed by atoms with Crippen molar-refractivity contribution in [3.8, 4) is 0 Å². The predicted octanol–water partition coefficient (Wildman–Crippen LogP) is -1.44. The fourth-order valence-electron chi connectivity index (χ4n) is 2.93. The van der Waals surface area contributed by atoms with E-state index in [-0.39, 0.29) is 31.1 Å². The number of hydrogen-bond donors (Lipinski definition) is 7. The molecule has 0 saturated carbocycles. The van der Waals surface area contributed by atoms with Gasteiger partial charge in [-0.05, 0) is 44.1 Å². The summed E-state index contributed by atoms with van der Waals surface area (Å²) in [6.45, 7) is 7.17. The number of carboxylic acid groups (broad SMARTS) is 1. The highest BCUT2D eigenvalue weighted by Crippen LogP contribution is 2.08. The number of carbonyl (C=O) groups excluding carboxylic acids is 4. The zero-order valence-electron chi connectivity index (χ0n) is 19.9. The van der Waals surface area contributed by atoms with Gasteiger partial charge in [0.1, 0.15) is 18.1 Å². The number of rotatable bonds is 16. The SMILES string of the molecule is CC(C)C(N)C(=O)NC(CCC(N)=O)C(=O)NC(CCCCN)C(=O)NC(C(=O)O)C(C)C. The molecule has 0 heterocycles. The molecule has 0 spiro atoms. The maximum atomic E-state index is 12.9. The van der Waals surface area contributed by atoms with E-state index in [0.717, 1.165) is 0 Å². The summed E-state index contributed by atoms with van der Waals surface area (Å²) in [7, 11) is 0. The van der Waals surface area contributed by atoms with Gasteiger partial charge >= 0.3 is 5.97 Å². The number of primary amides is 1. The molecule has 12 heteroatoms. The molecule has 0 fully saturated rings. The molecule has 0 aromatic carbocycles. The van der Waals surface area contributed by atoms with Crippen molar-refractivity contribution in [2.24, 2.45) is 29.0 Å². The van der Waals surface area contributed by atoms with Gasteiger partial charge < -0.3 is 38.3 Å². The Bertz CT molecular complexity index is 684. The molecule has 0 bridgehead atoms. The molecule has 4 atom stereocenters. The van der Waals surface area contributed by atoms with E-state index in [0.29, 0.717) is 19.4 Å². The van der Waals surface area contributed by atoms with Crippen LogP contribution in [0.1, 0.15) is 59.8 Å². The molecule has 190 valence electrons. The van der Waals surface area contributed by atoms with Gasteiger partial charge in [-0.1, -0.05) is 27.7 Å². The molecule has 0 saturated heterocycles. The molecule has 4 unspecified atom stereocenters. The number of carboxylic acids is 1. The van der Waals surface area contributed by atoms with Gasteiger partial charge in [0.15, 0.2) is 0 Å². The van der Waals surface area contributed by atoms with Gasteiger partial charge in [-0.2, -0.15) is 0 Å². The third-order valence-electron chi connectivity index (χ3n) is 5.14. The minimum Gasteiger partial charge on any atom is -0.480 e. The third kappa shape index (κ3) is 11.6. The van der Waals surface area contributed by atoms with Crippen LogP contribution in [0.25, 0.3) is 0 Å². The second-order valence-electron chi connectivity index (χ2n) is 8.75. The van der Waals surface area contributed by atoms with Gasteiger partial charge in [0, 0.05) is 6.42 Å². The highest BCUT2D eigenvalue weighted by molar-refractivity contribution is 5.94. The minimum absolute atomic E-state index is 0.0847. The minimum atomic E-state index is -1.19. The maximum Gasteiger partial charge on any atom is 0.326 e. The summed E-state index contributed by atoms with van der Waals surface area (Å²) in [4.78, 5) is 60.8. The molecule has 33 heavy (non-hydrogen) atoms. The molecular weight excluding hydrogens is 432 g/mol. The van der Waals surface area contributed by atoms with Crippen LogP contribution in [-0.4, -0.2) is 65.4 Å². The zero-order chi connectivity index (χ0) is 25.7. The van der Waals surface area contributed by atoms with Crippen molar-refractivity contribution in [2.45, 2.75) is 84.0 Å². The van der Waals surface area contributed by atoms with E-state index < -0.39 is 53.8 Å². The lowest BCUT2D eigenvalue weighted by Crippen LogP contribution is -2.58. The topological polar surface area (TPSA) is 220 Å². The van der Waals surface area contributed by atoms with Crippen molar-refractivity contribution in [3.05, 3.63) is 0 Å². The lowest BCUT2D eigenvalue weighted by atomic mass is 10.0. The Hall–Kier alpha value is -2.73. The van der Waals surface area contributed by atoms with E-state index in [1.165, 1.54) is 0 Å². The monoisotopic (exact) mass is 472 g/mol. The number of nitrogens with one attached hydrogen (secondary N) is 3. The Morgan fingerprint density at radius 1 is 0.788 bits per heavy atom. The molecule has 0 aliphatic rings. The van der Waals surface area contributed by atoms with Crippen LogP contribution in [0.5, 0.6) is 0 Å². The molecule has 0 rings (SSSR count).